The van der Waals surface area contributed by atoms with Gasteiger partial charge in [0.25, 0.3) is 10.0 Å². The molecule has 2 N–H and O–H groups in total. The van der Waals surface area contributed by atoms with Gasteiger partial charge in [0.2, 0.25) is 5.76 Å². The molecule has 2 aromatic carbocycles. The van der Waals surface area contributed by atoms with E-state index in [1.54, 1.807) is 42.5 Å². The van der Waals surface area contributed by atoms with Crippen LogP contribution in [-0.2, 0) is 10.0 Å². The Morgan fingerprint density at radius 1 is 0.917 bits per heavy atom. The molecule has 7 heteroatoms. The maximum absolute atomic E-state index is 12.5. The first-order valence-corrected chi connectivity index (χ1v) is 8.46. The standard InChI is InChI=1S/C17H13NO5S/c19-17(20)16-11-10-15(23-16)13-8-4-5-9-14(13)18-24(21,22)12-6-2-1-3-7-12/h1-11,18H,(H,19,20). The predicted molar refractivity (Wildman–Crippen MR) is 88.4 cm³/mol. The Labute approximate surface area is 138 Å². The molecule has 0 radical (unpaired) electrons. The van der Waals surface area contributed by atoms with Crippen LogP contribution in [-0.4, -0.2) is 19.5 Å². The molecule has 0 unspecified atom stereocenters. The van der Waals surface area contributed by atoms with E-state index in [9.17, 15) is 13.2 Å². The van der Waals surface area contributed by atoms with Crippen molar-refractivity contribution in [2.75, 3.05) is 4.72 Å². The molecule has 1 heterocycles. The van der Waals surface area contributed by atoms with Crippen LogP contribution in [0.5, 0.6) is 0 Å². The molecule has 24 heavy (non-hydrogen) atoms. The van der Waals surface area contributed by atoms with Gasteiger partial charge in [-0.2, -0.15) is 0 Å². The predicted octanol–water partition coefficient (Wildman–Crippen LogP) is 3.45. The summed E-state index contributed by atoms with van der Waals surface area (Å²) < 4.78 is 32.7. The summed E-state index contributed by atoms with van der Waals surface area (Å²) in [6.45, 7) is 0. The minimum atomic E-state index is -3.76. The molecule has 0 aliphatic heterocycles. The topological polar surface area (TPSA) is 96.6 Å². The second-order valence-corrected chi connectivity index (χ2v) is 6.62. The molecule has 0 atom stereocenters. The lowest BCUT2D eigenvalue weighted by Gasteiger charge is -2.11. The molecule has 0 spiro atoms. The van der Waals surface area contributed by atoms with E-state index in [4.69, 9.17) is 9.52 Å². The molecule has 0 saturated carbocycles. The van der Waals surface area contributed by atoms with E-state index in [2.05, 4.69) is 4.72 Å². The monoisotopic (exact) mass is 343 g/mol. The van der Waals surface area contributed by atoms with Gasteiger partial charge in [-0.1, -0.05) is 30.3 Å². The van der Waals surface area contributed by atoms with Crippen LogP contribution in [0.25, 0.3) is 11.3 Å². The first-order chi connectivity index (χ1) is 11.5. The summed E-state index contributed by atoms with van der Waals surface area (Å²) in [6.07, 6.45) is 0. The number of para-hydroxylation sites is 1. The highest BCUT2D eigenvalue weighted by Crippen LogP contribution is 2.31. The summed E-state index contributed by atoms with van der Waals surface area (Å²) in [5, 5.41) is 8.94. The Hall–Kier alpha value is -3.06. The number of carboxylic acids is 1. The van der Waals surface area contributed by atoms with E-state index in [1.165, 1.54) is 24.3 Å². The lowest BCUT2D eigenvalue weighted by atomic mass is 10.1. The highest BCUT2D eigenvalue weighted by Gasteiger charge is 2.18. The van der Waals surface area contributed by atoms with Gasteiger partial charge in [-0.25, -0.2) is 13.2 Å². The zero-order valence-electron chi connectivity index (χ0n) is 12.3. The van der Waals surface area contributed by atoms with E-state index < -0.39 is 16.0 Å². The van der Waals surface area contributed by atoms with Gasteiger partial charge in [-0.05, 0) is 36.4 Å². The number of hydrogen-bond acceptors (Lipinski definition) is 4. The van der Waals surface area contributed by atoms with Crippen molar-refractivity contribution in [3.05, 3.63) is 72.5 Å². The van der Waals surface area contributed by atoms with Crippen LogP contribution >= 0.6 is 0 Å². The molecule has 6 nitrogen and oxygen atoms in total. The highest BCUT2D eigenvalue weighted by molar-refractivity contribution is 7.92. The normalized spacial score (nSPS) is 11.2. The summed E-state index contributed by atoms with van der Waals surface area (Å²) in [5.41, 5.74) is 0.747. The van der Waals surface area contributed by atoms with Crippen LogP contribution < -0.4 is 4.72 Å². The van der Waals surface area contributed by atoms with Gasteiger partial charge in [0.1, 0.15) is 5.76 Å². The maximum Gasteiger partial charge on any atom is 0.371 e. The first kappa shape index (κ1) is 15.8. The fourth-order valence-corrected chi connectivity index (χ4v) is 3.29. The molecular weight excluding hydrogens is 330 g/mol. The number of benzene rings is 2. The fraction of sp³-hybridized carbons (Fsp3) is 0. The average molecular weight is 343 g/mol. The van der Waals surface area contributed by atoms with Crippen molar-refractivity contribution in [3.63, 3.8) is 0 Å². The molecule has 3 rings (SSSR count). The van der Waals surface area contributed by atoms with E-state index in [0.29, 0.717) is 11.3 Å². The molecule has 0 aliphatic rings. The van der Waals surface area contributed by atoms with Gasteiger partial charge in [0.15, 0.2) is 0 Å². The van der Waals surface area contributed by atoms with Crippen molar-refractivity contribution in [2.24, 2.45) is 0 Å². The van der Waals surface area contributed by atoms with Crippen molar-refractivity contribution in [1.82, 2.24) is 0 Å². The average Bonchev–Trinajstić information content (AvgIpc) is 3.06. The molecule has 3 aromatic rings. The largest absolute Gasteiger partial charge is 0.475 e. The third-order valence-electron chi connectivity index (χ3n) is 3.31. The number of hydrogen-bond donors (Lipinski definition) is 2. The molecule has 0 bridgehead atoms. The Bertz CT molecular complexity index is 977. The minimum Gasteiger partial charge on any atom is -0.475 e. The van der Waals surface area contributed by atoms with Crippen LogP contribution in [0.15, 0.2) is 76.0 Å². The lowest BCUT2D eigenvalue weighted by Crippen LogP contribution is -2.13. The minimum absolute atomic E-state index is 0.130. The van der Waals surface area contributed by atoms with Crippen LogP contribution in [0, 0.1) is 0 Å². The zero-order valence-corrected chi connectivity index (χ0v) is 13.2. The van der Waals surface area contributed by atoms with Crippen molar-refractivity contribution < 1.29 is 22.7 Å². The number of carboxylic acid groups (broad SMARTS) is 1. The Balaban J connectivity index is 1.99. The van der Waals surface area contributed by atoms with E-state index in [-0.39, 0.29) is 16.4 Å². The summed E-state index contributed by atoms with van der Waals surface area (Å²) in [7, 11) is -3.76. The number of carbonyl (C=O) groups is 1. The summed E-state index contributed by atoms with van der Waals surface area (Å²) >= 11 is 0. The molecule has 0 saturated heterocycles. The number of furan rings is 1. The van der Waals surface area contributed by atoms with E-state index in [0.717, 1.165) is 0 Å². The number of anilines is 1. The van der Waals surface area contributed by atoms with Crippen LogP contribution in [0.4, 0.5) is 5.69 Å². The number of aromatic carboxylic acids is 1. The zero-order chi connectivity index (χ0) is 17.2. The highest BCUT2D eigenvalue weighted by atomic mass is 32.2. The van der Waals surface area contributed by atoms with Crippen LogP contribution in [0.3, 0.4) is 0 Å². The van der Waals surface area contributed by atoms with Gasteiger partial charge < -0.3 is 9.52 Å². The molecule has 0 fully saturated rings. The van der Waals surface area contributed by atoms with E-state index >= 15 is 0 Å². The van der Waals surface area contributed by atoms with Gasteiger partial charge in [0.05, 0.1) is 10.6 Å². The quantitative estimate of drug-likeness (QED) is 0.739. The van der Waals surface area contributed by atoms with Gasteiger partial charge in [-0.15, -0.1) is 0 Å². The summed E-state index contributed by atoms with van der Waals surface area (Å²) in [6, 6.07) is 17.4. The second-order valence-electron chi connectivity index (χ2n) is 4.93. The summed E-state index contributed by atoms with van der Waals surface area (Å²) in [4.78, 5) is 11.1. The maximum atomic E-state index is 12.5. The molecule has 0 aliphatic carbocycles. The SMILES string of the molecule is O=C(O)c1ccc(-c2ccccc2NS(=O)(=O)c2ccccc2)o1. The third kappa shape index (κ3) is 3.16. The Kier molecular flexibility index (Phi) is 4.09. The third-order valence-corrected chi connectivity index (χ3v) is 4.69. The molecule has 1 aromatic heterocycles. The number of rotatable bonds is 5. The first-order valence-electron chi connectivity index (χ1n) is 6.98. The van der Waals surface area contributed by atoms with Crippen LogP contribution in [0.2, 0.25) is 0 Å². The van der Waals surface area contributed by atoms with Gasteiger partial charge in [-0.3, -0.25) is 4.72 Å². The molecule has 0 amide bonds. The number of sulfonamides is 1. The smallest absolute Gasteiger partial charge is 0.371 e. The molecule has 122 valence electrons. The second kappa shape index (κ2) is 6.21. The fourth-order valence-electron chi connectivity index (χ4n) is 2.19. The Morgan fingerprint density at radius 3 is 2.25 bits per heavy atom. The number of nitrogens with one attached hydrogen (secondary N) is 1. The van der Waals surface area contributed by atoms with Crippen molar-refractivity contribution in [2.45, 2.75) is 4.90 Å². The molecular formula is C17H13NO5S. The summed E-state index contributed by atoms with van der Waals surface area (Å²) in [5.74, 6) is -1.15. The Morgan fingerprint density at radius 2 is 1.58 bits per heavy atom. The van der Waals surface area contributed by atoms with Gasteiger partial charge in [0, 0.05) is 5.56 Å². The lowest BCUT2D eigenvalue weighted by molar-refractivity contribution is 0.0663. The van der Waals surface area contributed by atoms with Crippen molar-refractivity contribution in [3.8, 4) is 11.3 Å². The van der Waals surface area contributed by atoms with Gasteiger partial charge >= 0.3 is 5.97 Å². The van der Waals surface area contributed by atoms with E-state index in [1.807, 2.05) is 0 Å². The van der Waals surface area contributed by atoms with Crippen molar-refractivity contribution >= 4 is 21.7 Å². The van der Waals surface area contributed by atoms with Crippen molar-refractivity contribution in [1.29, 1.82) is 0 Å². The van der Waals surface area contributed by atoms with Crippen LogP contribution in [0.1, 0.15) is 10.6 Å².